The van der Waals surface area contributed by atoms with Gasteiger partial charge in [-0.15, -0.1) is 0 Å². The van der Waals surface area contributed by atoms with E-state index in [2.05, 4.69) is 0 Å². The van der Waals surface area contributed by atoms with Crippen LogP contribution in [0.2, 0.25) is 0 Å². The Bertz CT molecular complexity index is 568. The van der Waals surface area contributed by atoms with E-state index in [4.69, 9.17) is 5.73 Å². The lowest BCUT2D eigenvalue weighted by Gasteiger charge is -2.25. The molecule has 4 heteroatoms. The predicted molar refractivity (Wildman–Crippen MR) is 70.0 cm³/mol. The number of nitrogens with two attached hydrogens (primary N) is 1. The van der Waals surface area contributed by atoms with Crippen LogP contribution >= 0.6 is 0 Å². The Labute approximate surface area is 110 Å². The highest BCUT2D eigenvalue weighted by Crippen LogP contribution is 2.23. The van der Waals surface area contributed by atoms with Crippen molar-refractivity contribution in [2.24, 2.45) is 5.73 Å². The van der Waals surface area contributed by atoms with Crippen LogP contribution in [0.15, 0.2) is 54.6 Å². The van der Waals surface area contributed by atoms with Crippen LogP contribution in [0.25, 0.3) is 0 Å². The molecule has 0 heterocycles. The van der Waals surface area contributed by atoms with E-state index in [1.165, 1.54) is 12.1 Å². The molecule has 3 nitrogen and oxygen atoms in total. The lowest BCUT2D eigenvalue weighted by Crippen LogP contribution is -2.46. The molecule has 0 saturated carbocycles. The van der Waals surface area contributed by atoms with E-state index in [1.807, 2.05) is 0 Å². The number of hydrogen-bond acceptors (Lipinski definition) is 2. The van der Waals surface area contributed by atoms with Crippen molar-refractivity contribution in [3.63, 3.8) is 0 Å². The lowest BCUT2D eigenvalue weighted by atomic mass is 9.85. The summed E-state index contributed by atoms with van der Waals surface area (Å²) in [5.41, 5.74) is 5.72. The molecule has 0 spiro atoms. The van der Waals surface area contributed by atoms with Crippen LogP contribution in [0.5, 0.6) is 0 Å². The van der Waals surface area contributed by atoms with Crippen molar-refractivity contribution in [2.45, 2.75) is 12.0 Å². The molecular weight excluding hydrogens is 245 g/mol. The Morgan fingerprint density at radius 3 is 2.21 bits per heavy atom. The fourth-order valence-electron chi connectivity index (χ4n) is 1.96. The van der Waals surface area contributed by atoms with Crippen LogP contribution in [-0.2, 0) is 16.8 Å². The molecule has 0 bridgehead atoms. The van der Waals surface area contributed by atoms with Gasteiger partial charge in [0.1, 0.15) is 11.4 Å². The lowest BCUT2D eigenvalue weighted by molar-refractivity contribution is -0.143. The van der Waals surface area contributed by atoms with E-state index < -0.39 is 11.5 Å². The number of halogens is 1. The van der Waals surface area contributed by atoms with Gasteiger partial charge < -0.3 is 10.8 Å². The number of rotatable bonds is 4. The van der Waals surface area contributed by atoms with Gasteiger partial charge in [0.15, 0.2) is 0 Å². The highest BCUT2D eigenvalue weighted by atomic mass is 19.1. The van der Waals surface area contributed by atoms with Gasteiger partial charge in [0.05, 0.1) is 0 Å². The molecule has 0 radical (unpaired) electrons. The summed E-state index contributed by atoms with van der Waals surface area (Å²) in [6, 6.07) is 14.3. The fourth-order valence-corrected chi connectivity index (χ4v) is 1.96. The van der Waals surface area contributed by atoms with Crippen molar-refractivity contribution in [2.75, 3.05) is 0 Å². The van der Waals surface area contributed by atoms with Crippen LogP contribution in [0.4, 0.5) is 4.39 Å². The van der Waals surface area contributed by atoms with Crippen molar-refractivity contribution in [1.29, 1.82) is 0 Å². The molecule has 3 N–H and O–H groups in total. The van der Waals surface area contributed by atoms with Gasteiger partial charge in [-0.3, -0.25) is 0 Å². The van der Waals surface area contributed by atoms with Crippen LogP contribution in [0.1, 0.15) is 11.1 Å². The number of carboxylic acid groups (broad SMARTS) is 1. The molecule has 0 aliphatic heterocycles. The largest absolute Gasteiger partial charge is 0.480 e. The van der Waals surface area contributed by atoms with E-state index in [1.54, 1.807) is 42.5 Å². The first-order valence-electron chi connectivity index (χ1n) is 5.84. The minimum Gasteiger partial charge on any atom is -0.480 e. The Hall–Kier alpha value is -2.20. The number of hydrogen-bond donors (Lipinski definition) is 2. The zero-order chi connectivity index (χ0) is 13.9. The van der Waals surface area contributed by atoms with Crippen molar-refractivity contribution in [3.05, 3.63) is 71.5 Å². The standard InChI is InChI=1S/C15H14FNO2/c16-13-8-6-11(7-9-13)10-15(17,14(18)19)12-4-2-1-3-5-12/h1-9H,10,17H2,(H,18,19)/t15-/m0/s1. The first-order chi connectivity index (χ1) is 9.02. The molecule has 0 aromatic heterocycles. The van der Waals surface area contributed by atoms with Gasteiger partial charge in [-0.1, -0.05) is 42.5 Å². The van der Waals surface area contributed by atoms with E-state index in [0.29, 0.717) is 11.1 Å². The van der Waals surface area contributed by atoms with Crippen LogP contribution in [0.3, 0.4) is 0 Å². The monoisotopic (exact) mass is 259 g/mol. The molecule has 0 unspecified atom stereocenters. The summed E-state index contributed by atoms with van der Waals surface area (Å²) in [6.07, 6.45) is 0.104. The number of benzene rings is 2. The molecule has 2 aromatic carbocycles. The van der Waals surface area contributed by atoms with Crippen LogP contribution in [-0.4, -0.2) is 11.1 Å². The maximum atomic E-state index is 12.9. The van der Waals surface area contributed by atoms with E-state index in [-0.39, 0.29) is 12.2 Å². The van der Waals surface area contributed by atoms with Crippen LogP contribution in [0, 0.1) is 5.82 Å². The minimum absolute atomic E-state index is 0.104. The average molecular weight is 259 g/mol. The SMILES string of the molecule is N[C@](Cc1ccc(F)cc1)(C(=O)O)c1ccccc1. The number of aliphatic carboxylic acids is 1. The highest BCUT2D eigenvalue weighted by Gasteiger charge is 2.36. The number of carbonyl (C=O) groups is 1. The van der Waals surface area contributed by atoms with Crippen LogP contribution < -0.4 is 5.73 Å². The van der Waals surface area contributed by atoms with Crippen molar-refractivity contribution >= 4 is 5.97 Å². The molecule has 0 aliphatic rings. The highest BCUT2D eigenvalue weighted by molar-refractivity contribution is 5.81. The van der Waals surface area contributed by atoms with Gasteiger partial charge in [-0.05, 0) is 23.3 Å². The Kier molecular flexibility index (Phi) is 3.62. The first kappa shape index (κ1) is 13.2. The summed E-state index contributed by atoms with van der Waals surface area (Å²) in [5.74, 6) is -1.47. The van der Waals surface area contributed by atoms with Gasteiger partial charge in [-0.2, -0.15) is 0 Å². The summed E-state index contributed by atoms with van der Waals surface area (Å²) >= 11 is 0. The normalized spacial score (nSPS) is 13.8. The molecule has 19 heavy (non-hydrogen) atoms. The van der Waals surface area contributed by atoms with E-state index >= 15 is 0 Å². The van der Waals surface area contributed by atoms with Gasteiger partial charge in [-0.25, -0.2) is 9.18 Å². The topological polar surface area (TPSA) is 63.3 Å². The molecule has 98 valence electrons. The van der Waals surface area contributed by atoms with Gasteiger partial charge in [0.25, 0.3) is 0 Å². The Morgan fingerprint density at radius 2 is 1.68 bits per heavy atom. The van der Waals surface area contributed by atoms with E-state index in [9.17, 15) is 14.3 Å². The summed E-state index contributed by atoms with van der Waals surface area (Å²) in [6.45, 7) is 0. The zero-order valence-electron chi connectivity index (χ0n) is 10.2. The third-order valence-electron chi connectivity index (χ3n) is 3.07. The molecule has 0 saturated heterocycles. The second-order valence-corrected chi connectivity index (χ2v) is 4.45. The second-order valence-electron chi connectivity index (χ2n) is 4.45. The van der Waals surface area contributed by atoms with Gasteiger partial charge >= 0.3 is 5.97 Å². The minimum atomic E-state index is -1.51. The Morgan fingerprint density at radius 1 is 1.11 bits per heavy atom. The molecule has 0 aliphatic carbocycles. The molecule has 2 aromatic rings. The smallest absolute Gasteiger partial charge is 0.328 e. The maximum absolute atomic E-state index is 12.9. The number of carboxylic acids is 1. The first-order valence-corrected chi connectivity index (χ1v) is 5.84. The maximum Gasteiger partial charge on any atom is 0.328 e. The molecule has 2 rings (SSSR count). The average Bonchev–Trinajstić information content (AvgIpc) is 2.42. The summed E-state index contributed by atoms with van der Waals surface area (Å²) in [5, 5.41) is 9.40. The zero-order valence-corrected chi connectivity index (χ0v) is 10.2. The van der Waals surface area contributed by atoms with Crippen molar-refractivity contribution < 1.29 is 14.3 Å². The molecular formula is C15H14FNO2. The summed E-state index contributed by atoms with van der Waals surface area (Å²) < 4.78 is 12.9. The molecule has 0 amide bonds. The predicted octanol–water partition coefficient (Wildman–Crippen LogP) is 2.31. The van der Waals surface area contributed by atoms with Gasteiger partial charge in [0, 0.05) is 6.42 Å². The third-order valence-corrected chi connectivity index (χ3v) is 3.07. The molecule has 0 fully saturated rings. The fraction of sp³-hybridized carbons (Fsp3) is 0.133. The Balaban J connectivity index is 2.36. The summed E-state index contributed by atoms with van der Waals surface area (Å²) in [4.78, 5) is 11.5. The summed E-state index contributed by atoms with van der Waals surface area (Å²) in [7, 11) is 0. The van der Waals surface area contributed by atoms with Crippen molar-refractivity contribution in [1.82, 2.24) is 0 Å². The van der Waals surface area contributed by atoms with E-state index in [0.717, 1.165) is 0 Å². The molecule has 1 atom stereocenters. The van der Waals surface area contributed by atoms with Crippen molar-refractivity contribution in [3.8, 4) is 0 Å². The van der Waals surface area contributed by atoms with Gasteiger partial charge in [0.2, 0.25) is 0 Å². The third kappa shape index (κ3) is 2.80. The quantitative estimate of drug-likeness (QED) is 0.885. The second kappa shape index (κ2) is 5.20.